The minimum atomic E-state index is 0.180. The highest BCUT2D eigenvalue weighted by Gasteiger charge is 2.24. The average Bonchev–Trinajstić information content (AvgIpc) is 3.62. The van der Waals surface area contributed by atoms with E-state index in [1.165, 1.54) is 18.2 Å². The van der Waals surface area contributed by atoms with Crippen LogP contribution < -0.4 is 4.90 Å². The van der Waals surface area contributed by atoms with Crippen molar-refractivity contribution < 1.29 is 9.32 Å². The molecule has 1 saturated carbocycles. The Balaban J connectivity index is 1.07. The lowest BCUT2D eigenvalue weighted by molar-refractivity contribution is -0.130. The van der Waals surface area contributed by atoms with Crippen LogP contribution in [0.5, 0.6) is 0 Å². The van der Waals surface area contributed by atoms with Crippen molar-refractivity contribution in [2.24, 2.45) is 0 Å². The maximum absolute atomic E-state index is 13.0. The van der Waals surface area contributed by atoms with Gasteiger partial charge >= 0.3 is 0 Å². The summed E-state index contributed by atoms with van der Waals surface area (Å²) in [6.07, 6.45) is 6.99. The van der Waals surface area contributed by atoms with Crippen molar-refractivity contribution in [3.8, 4) is 11.4 Å². The number of aromatic nitrogens is 3. The molecule has 1 amide bonds. The first-order chi connectivity index (χ1) is 17.2. The Bertz CT molecular complexity index is 1310. The molecule has 1 aliphatic heterocycles. The number of nitrogens with zero attached hydrogens (tertiary/aromatic N) is 5. The van der Waals surface area contributed by atoms with Gasteiger partial charge < -0.3 is 14.3 Å². The van der Waals surface area contributed by atoms with Crippen molar-refractivity contribution in [1.82, 2.24) is 20.0 Å². The van der Waals surface area contributed by atoms with Gasteiger partial charge in [0.15, 0.2) is 0 Å². The molecule has 35 heavy (non-hydrogen) atoms. The van der Waals surface area contributed by atoms with E-state index < -0.39 is 0 Å². The molecule has 6 rings (SSSR count). The molecular formula is C28H29N5O2. The number of anilines is 1. The van der Waals surface area contributed by atoms with Crippen LogP contribution in [-0.4, -0.2) is 52.1 Å². The van der Waals surface area contributed by atoms with E-state index in [4.69, 9.17) is 4.52 Å². The van der Waals surface area contributed by atoms with E-state index in [1.807, 2.05) is 41.4 Å². The minimum Gasteiger partial charge on any atom is -0.353 e. The average molecular weight is 468 g/mol. The molecule has 7 nitrogen and oxygen atoms in total. The second-order valence-electron chi connectivity index (χ2n) is 9.53. The monoisotopic (exact) mass is 467 g/mol. The van der Waals surface area contributed by atoms with Gasteiger partial charge in [0, 0.05) is 43.9 Å². The van der Waals surface area contributed by atoms with Gasteiger partial charge in [0.2, 0.25) is 17.6 Å². The zero-order chi connectivity index (χ0) is 23.6. The van der Waals surface area contributed by atoms with E-state index in [-0.39, 0.29) is 5.91 Å². The van der Waals surface area contributed by atoms with Crippen LogP contribution in [0.4, 0.5) is 5.82 Å². The van der Waals surface area contributed by atoms with Crippen molar-refractivity contribution in [2.75, 3.05) is 31.1 Å². The van der Waals surface area contributed by atoms with Gasteiger partial charge in [-0.05, 0) is 41.3 Å². The van der Waals surface area contributed by atoms with E-state index >= 15 is 0 Å². The molecule has 2 fully saturated rings. The summed E-state index contributed by atoms with van der Waals surface area (Å²) in [4.78, 5) is 26.5. The molecule has 0 spiro atoms. The van der Waals surface area contributed by atoms with Crippen molar-refractivity contribution in [3.05, 3.63) is 72.2 Å². The van der Waals surface area contributed by atoms with Crippen LogP contribution in [0, 0.1) is 0 Å². The van der Waals surface area contributed by atoms with Gasteiger partial charge in [-0.2, -0.15) is 4.98 Å². The van der Waals surface area contributed by atoms with Crippen molar-refractivity contribution >= 4 is 22.5 Å². The Kier molecular flexibility index (Phi) is 5.90. The summed E-state index contributed by atoms with van der Waals surface area (Å²) in [6.45, 7) is 2.93. The number of rotatable bonds is 5. The number of hydrogen-bond donors (Lipinski definition) is 0. The molecule has 1 aliphatic carbocycles. The molecule has 178 valence electrons. The Morgan fingerprint density at radius 3 is 2.54 bits per heavy atom. The van der Waals surface area contributed by atoms with Gasteiger partial charge in [-0.3, -0.25) is 4.79 Å². The Morgan fingerprint density at radius 2 is 1.74 bits per heavy atom. The molecule has 4 aromatic rings. The number of benzene rings is 2. The Labute approximate surface area is 204 Å². The molecule has 2 aromatic carbocycles. The van der Waals surface area contributed by atoms with E-state index in [0.29, 0.717) is 31.3 Å². The number of fused-ring (bicyclic) bond motifs is 1. The van der Waals surface area contributed by atoms with Gasteiger partial charge in [-0.1, -0.05) is 60.5 Å². The summed E-state index contributed by atoms with van der Waals surface area (Å²) >= 11 is 0. The maximum Gasteiger partial charge on any atom is 0.230 e. The predicted octanol–water partition coefficient (Wildman–Crippen LogP) is 4.83. The Morgan fingerprint density at radius 1 is 0.943 bits per heavy atom. The lowest BCUT2D eigenvalue weighted by atomic mass is 10.0. The first kappa shape index (κ1) is 21.8. The fourth-order valence-corrected chi connectivity index (χ4v) is 5.30. The molecule has 1 saturated heterocycles. The second-order valence-corrected chi connectivity index (χ2v) is 9.53. The molecule has 3 heterocycles. The van der Waals surface area contributed by atoms with Crippen LogP contribution in [0.25, 0.3) is 22.2 Å². The first-order valence-electron chi connectivity index (χ1n) is 12.5. The molecule has 2 aromatic heterocycles. The second kappa shape index (κ2) is 9.49. The summed E-state index contributed by atoms with van der Waals surface area (Å²) in [5.41, 5.74) is 1.95. The number of hydrogen-bond acceptors (Lipinski definition) is 6. The van der Waals surface area contributed by atoms with Crippen LogP contribution in [0.3, 0.4) is 0 Å². The molecular weight excluding hydrogens is 438 g/mol. The van der Waals surface area contributed by atoms with Gasteiger partial charge in [0.05, 0.1) is 6.42 Å². The SMILES string of the molecule is O=C(Cc1cccc2ccccc12)N1CCN(c2ccc(-c3noc(C4CCCC4)n3)cn2)CC1. The zero-order valence-electron chi connectivity index (χ0n) is 19.8. The van der Waals surface area contributed by atoms with Crippen molar-refractivity contribution in [3.63, 3.8) is 0 Å². The molecule has 0 N–H and O–H groups in total. The van der Waals surface area contributed by atoms with E-state index in [1.54, 1.807) is 0 Å². The van der Waals surface area contributed by atoms with Crippen LogP contribution in [-0.2, 0) is 11.2 Å². The summed E-state index contributed by atoms with van der Waals surface area (Å²) in [5.74, 6) is 2.86. The largest absolute Gasteiger partial charge is 0.353 e. The van der Waals surface area contributed by atoms with E-state index in [0.717, 1.165) is 54.2 Å². The summed E-state index contributed by atoms with van der Waals surface area (Å²) < 4.78 is 5.51. The van der Waals surface area contributed by atoms with Crippen LogP contribution in [0.15, 0.2) is 65.3 Å². The van der Waals surface area contributed by atoms with Crippen LogP contribution in [0.2, 0.25) is 0 Å². The summed E-state index contributed by atoms with van der Waals surface area (Å²) in [5, 5.41) is 6.50. The topological polar surface area (TPSA) is 75.4 Å². The molecule has 2 aliphatic rings. The van der Waals surface area contributed by atoms with E-state index in [9.17, 15) is 4.79 Å². The third-order valence-corrected chi connectivity index (χ3v) is 7.33. The normalized spacial score (nSPS) is 16.8. The number of pyridine rings is 1. The summed E-state index contributed by atoms with van der Waals surface area (Å²) in [6, 6.07) is 18.4. The molecule has 0 radical (unpaired) electrons. The summed E-state index contributed by atoms with van der Waals surface area (Å²) in [7, 11) is 0. The lowest BCUT2D eigenvalue weighted by Gasteiger charge is -2.35. The van der Waals surface area contributed by atoms with Crippen LogP contribution in [0.1, 0.15) is 43.1 Å². The number of piperazine rings is 1. The highest BCUT2D eigenvalue weighted by Crippen LogP contribution is 2.34. The third kappa shape index (κ3) is 4.50. The fraction of sp³-hybridized carbons (Fsp3) is 0.357. The van der Waals surface area contributed by atoms with E-state index in [2.05, 4.69) is 44.3 Å². The zero-order valence-corrected chi connectivity index (χ0v) is 19.8. The minimum absolute atomic E-state index is 0.180. The predicted molar refractivity (Wildman–Crippen MR) is 135 cm³/mol. The highest BCUT2D eigenvalue weighted by molar-refractivity contribution is 5.90. The molecule has 0 bridgehead atoms. The fourth-order valence-electron chi connectivity index (χ4n) is 5.30. The van der Waals surface area contributed by atoms with Crippen molar-refractivity contribution in [1.29, 1.82) is 0 Å². The standard InChI is InChI=1S/C28H29N5O2/c34-26(18-22-10-5-9-20-6-3-4-11-24(20)22)33-16-14-32(15-17-33)25-13-12-23(19-29-25)27-30-28(35-31-27)21-7-1-2-8-21/h3-6,9-13,19,21H,1-2,7-8,14-18H2. The van der Waals surface area contributed by atoms with Crippen molar-refractivity contribution in [2.45, 2.75) is 38.0 Å². The smallest absolute Gasteiger partial charge is 0.230 e. The lowest BCUT2D eigenvalue weighted by Crippen LogP contribution is -2.49. The maximum atomic E-state index is 13.0. The van der Waals surface area contributed by atoms with Gasteiger partial charge in [0.25, 0.3) is 0 Å². The Hall–Kier alpha value is -3.74. The highest BCUT2D eigenvalue weighted by atomic mass is 16.5. The quantitative estimate of drug-likeness (QED) is 0.418. The molecule has 7 heteroatoms. The van der Waals surface area contributed by atoms with Crippen LogP contribution >= 0.6 is 0 Å². The van der Waals surface area contributed by atoms with Gasteiger partial charge in [0.1, 0.15) is 5.82 Å². The number of carbonyl (C=O) groups excluding carboxylic acids is 1. The number of amides is 1. The number of carbonyl (C=O) groups is 1. The van der Waals surface area contributed by atoms with Gasteiger partial charge in [-0.15, -0.1) is 0 Å². The third-order valence-electron chi connectivity index (χ3n) is 7.33. The molecule has 0 unspecified atom stereocenters. The van der Waals surface area contributed by atoms with Gasteiger partial charge in [-0.25, -0.2) is 4.98 Å². The first-order valence-corrected chi connectivity index (χ1v) is 12.5. The molecule has 0 atom stereocenters.